The van der Waals surface area contributed by atoms with Gasteiger partial charge in [-0.25, -0.2) is 13.2 Å². The number of hydrogen-bond acceptors (Lipinski definition) is 7. The van der Waals surface area contributed by atoms with Crippen LogP contribution in [0.15, 0.2) is 165 Å². The number of amides is 1. The predicted octanol–water partition coefficient (Wildman–Crippen LogP) is 7.15. The lowest BCUT2D eigenvalue weighted by Crippen LogP contribution is -2.45. The fraction of sp³-hybridized carbons (Fsp3) is 0.143. The highest BCUT2D eigenvalue weighted by atomic mass is 32.2. The van der Waals surface area contributed by atoms with Gasteiger partial charge in [0.05, 0.1) is 22.3 Å². The van der Waals surface area contributed by atoms with Gasteiger partial charge >= 0.3 is 5.97 Å². The Morgan fingerprint density at radius 3 is 1.81 bits per heavy atom. The van der Waals surface area contributed by atoms with E-state index in [0.29, 0.717) is 15.4 Å². The van der Waals surface area contributed by atoms with Crippen molar-refractivity contribution in [3.05, 3.63) is 179 Å². The molecule has 0 spiro atoms. The van der Waals surface area contributed by atoms with Crippen molar-refractivity contribution in [1.29, 1.82) is 0 Å². The van der Waals surface area contributed by atoms with Crippen molar-refractivity contribution >= 4 is 43.8 Å². The summed E-state index contributed by atoms with van der Waals surface area (Å²) in [7, 11) is -9.56. The van der Waals surface area contributed by atoms with Gasteiger partial charge in [0, 0.05) is 0 Å². The van der Waals surface area contributed by atoms with E-state index in [2.05, 4.69) is 10.1 Å². The van der Waals surface area contributed by atoms with Gasteiger partial charge < -0.3 is 4.74 Å². The monoisotopic (exact) mass is 744 g/mol. The van der Waals surface area contributed by atoms with Crippen molar-refractivity contribution in [2.24, 2.45) is 4.40 Å². The molecule has 1 amide bonds. The number of hydrogen-bond donors (Lipinski definition) is 0. The van der Waals surface area contributed by atoms with Crippen LogP contribution in [-0.4, -0.2) is 45.5 Å². The number of nitrogens with zero attached hydrogens (tertiary/aromatic N) is 2. The third kappa shape index (κ3) is 7.02. The van der Waals surface area contributed by atoms with E-state index >= 15 is 4.79 Å². The minimum absolute atomic E-state index is 0.0848. The Labute approximate surface area is 309 Å². The van der Waals surface area contributed by atoms with Crippen LogP contribution in [0.3, 0.4) is 0 Å². The van der Waals surface area contributed by atoms with E-state index in [1.54, 1.807) is 130 Å². The van der Waals surface area contributed by atoms with Crippen LogP contribution in [0.1, 0.15) is 40.7 Å². The molecule has 0 saturated carbocycles. The zero-order valence-corrected chi connectivity index (χ0v) is 30.8. The zero-order chi connectivity index (χ0) is 37.8. The lowest BCUT2D eigenvalue weighted by Gasteiger charge is -2.33. The van der Waals surface area contributed by atoms with Gasteiger partial charge in [0.2, 0.25) is 0 Å². The first kappa shape index (κ1) is 36.9. The molecule has 5 aromatic carbocycles. The van der Waals surface area contributed by atoms with Gasteiger partial charge in [-0.2, -0.15) is 12.7 Å². The van der Waals surface area contributed by atoms with Crippen LogP contribution in [0.5, 0.6) is 0 Å². The normalized spacial score (nSPS) is 18.0. The quantitative estimate of drug-likeness (QED) is 0.0845. The number of carbonyl (C=O) groups excluding carboxylic acids is 2. The fourth-order valence-corrected chi connectivity index (χ4v) is 8.91. The molecule has 0 aromatic heterocycles. The summed E-state index contributed by atoms with van der Waals surface area (Å²) in [6, 6.07) is 37.1. The minimum Gasteiger partial charge on any atom is -0.462 e. The van der Waals surface area contributed by atoms with Gasteiger partial charge in [-0.1, -0.05) is 126 Å². The Morgan fingerprint density at radius 2 is 1.26 bits per heavy atom. The van der Waals surface area contributed by atoms with Crippen LogP contribution in [-0.2, 0) is 39.8 Å². The number of rotatable bonds is 10. The maximum absolute atomic E-state index is 15.7. The molecule has 0 aliphatic carbocycles. The molecule has 11 heteroatoms. The summed E-state index contributed by atoms with van der Waals surface area (Å²) < 4.78 is 68.6. The molecule has 1 fully saturated rings. The smallest absolute Gasteiger partial charge is 0.343 e. The topological polar surface area (TPSA) is 127 Å². The Morgan fingerprint density at radius 1 is 0.755 bits per heavy atom. The summed E-state index contributed by atoms with van der Waals surface area (Å²) in [5, 5.41) is 0. The lowest BCUT2D eigenvalue weighted by atomic mass is 9.64. The second-order valence-corrected chi connectivity index (χ2v) is 15.8. The van der Waals surface area contributed by atoms with E-state index in [1.165, 1.54) is 30.3 Å². The summed E-state index contributed by atoms with van der Waals surface area (Å²) >= 11 is 0. The van der Waals surface area contributed by atoms with Gasteiger partial charge in [0.15, 0.2) is 0 Å². The fourth-order valence-electron chi connectivity index (χ4n) is 6.40. The lowest BCUT2D eigenvalue weighted by molar-refractivity contribution is -0.141. The van der Waals surface area contributed by atoms with Crippen molar-refractivity contribution in [2.45, 2.75) is 41.9 Å². The molecule has 53 heavy (non-hydrogen) atoms. The number of aryl methyl sites for hydroxylation is 2. The van der Waals surface area contributed by atoms with Crippen LogP contribution >= 0.6 is 0 Å². The van der Waals surface area contributed by atoms with Crippen molar-refractivity contribution in [1.82, 2.24) is 4.31 Å². The summed E-state index contributed by atoms with van der Waals surface area (Å²) in [5.74, 6) is -4.20. The molecule has 2 atom stereocenters. The van der Waals surface area contributed by atoms with E-state index in [-0.39, 0.29) is 27.5 Å². The SMILES string of the molecule is CCOC(=O)C(=C=Cc1ccccc1)[C@]1(c2ccccc2)C(=O)N(S(=O)(=O)c2ccc(C)cc2)/C(=N/S(=O)(=O)c2ccc(C)cc2)[C@H]1c1ccccc1. The number of amidine groups is 1. The zero-order valence-electron chi connectivity index (χ0n) is 29.2. The molecule has 9 nitrogen and oxygen atoms in total. The first-order chi connectivity index (χ1) is 25.4. The summed E-state index contributed by atoms with van der Waals surface area (Å²) in [4.78, 5) is 29.6. The van der Waals surface area contributed by atoms with Crippen molar-refractivity contribution in [3.63, 3.8) is 0 Å². The molecular weight excluding hydrogens is 709 g/mol. The Hall–Kier alpha value is -5.87. The van der Waals surface area contributed by atoms with Crippen molar-refractivity contribution < 1.29 is 31.2 Å². The molecular formula is C42H36N2O7S2. The summed E-state index contributed by atoms with van der Waals surface area (Å²) in [6.45, 7) is 5.09. The van der Waals surface area contributed by atoms with Gasteiger partial charge in [-0.3, -0.25) is 4.79 Å². The Balaban J connectivity index is 1.81. The first-order valence-electron chi connectivity index (χ1n) is 16.8. The average Bonchev–Trinajstić information content (AvgIpc) is 3.41. The molecule has 1 saturated heterocycles. The number of esters is 1. The highest BCUT2D eigenvalue weighted by molar-refractivity contribution is 7.91. The van der Waals surface area contributed by atoms with Gasteiger partial charge in [-0.05, 0) is 67.8 Å². The Kier molecular flexibility index (Phi) is 10.4. The van der Waals surface area contributed by atoms with E-state index in [0.717, 1.165) is 11.1 Å². The standard InChI is InChI=1S/C42H36N2O7S2/c1-4-51-40(45)37(29-24-32-14-8-5-9-15-32)42(34-18-12-7-13-19-34)38(33-16-10-6-11-17-33)39(43-52(47,48)35-25-20-30(2)21-26-35)44(41(42)46)53(49,50)36-27-22-31(3)23-28-36/h5-28,38H,4H2,1-3H3/b43-39+/t29?,38-,42+/m1/s1. The molecule has 1 aliphatic heterocycles. The van der Waals surface area contributed by atoms with Gasteiger partial charge in [-0.15, -0.1) is 10.1 Å². The van der Waals surface area contributed by atoms with Crippen LogP contribution in [0, 0.1) is 13.8 Å². The number of sulfonamides is 2. The third-order valence-corrected chi connectivity index (χ3v) is 11.9. The maximum Gasteiger partial charge on any atom is 0.343 e. The van der Waals surface area contributed by atoms with Crippen molar-refractivity contribution in [3.8, 4) is 0 Å². The first-order valence-corrected chi connectivity index (χ1v) is 19.7. The summed E-state index contributed by atoms with van der Waals surface area (Å²) in [6.07, 6.45) is 1.50. The van der Waals surface area contributed by atoms with Crippen LogP contribution < -0.4 is 0 Å². The minimum atomic E-state index is -4.89. The van der Waals surface area contributed by atoms with Gasteiger partial charge in [0.1, 0.15) is 16.8 Å². The largest absolute Gasteiger partial charge is 0.462 e. The third-order valence-electron chi connectivity index (χ3n) is 8.93. The highest BCUT2D eigenvalue weighted by Crippen LogP contribution is 2.54. The van der Waals surface area contributed by atoms with Crippen molar-refractivity contribution in [2.75, 3.05) is 6.61 Å². The van der Waals surface area contributed by atoms with E-state index in [9.17, 15) is 21.6 Å². The molecule has 0 bridgehead atoms. The van der Waals surface area contributed by atoms with E-state index in [4.69, 9.17) is 4.74 Å². The molecule has 0 radical (unpaired) electrons. The Bertz CT molecular complexity index is 2460. The molecule has 268 valence electrons. The number of ether oxygens (including phenoxy) is 1. The van der Waals surface area contributed by atoms with E-state index in [1.807, 2.05) is 6.07 Å². The second-order valence-electron chi connectivity index (χ2n) is 12.4. The highest BCUT2D eigenvalue weighted by Gasteiger charge is 2.66. The number of benzene rings is 5. The molecule has 6 rings (SSSR count). The van der Waals surface area contributed by atoms with Gasteiger partial charge in [0.25, 0.3) is 26.0 Å². The maximum atomic E-state index is 15.7. The molecule has 0 N–H and O–H groups in total. The van der Waals surface area contributed by atoms with E-state index < -0.39 is 49.1 Å². The molecule has 1 aliphatic rings. The summed E-state index contributed by atoms with van der Waals surface area (Å²) in [5.41, 5.74) is 3.11. The second kappa shape index (κ2) is 15.0. The molecule has 5 aromatic rings. The van der Waals surface area contributed by atoms with Crippen LogP contribution in [0.2, 0.25) is 0 Å². The van der Waals surface area contributed by atoms with Crippen LogP contribution in [0.25, 0.3) is 6.08 Å². The predicted molar refractivity (Wildman–Crippen MR) is 203 cm³/mol. The molecule has 1 heterocycles. The average molecular weight is 745 g/mol. The van der Waals surface area contributed by atoms with Crippen LogP contribution in [0.4, 0.5) is 0 Å². The number of carbonyl (C=O) groups is 2. The molecule has 0 unspecified atom stereocenters.